The number of nitrogens with zero attached hydrogens (tertiary/aromatic N) is 1. The summed E-state index contributed by atoms with van der Waals surface area (Å²) in [5, 5.41) is 11.4. The highest BCUT2D eigenvalue weighted by Gasteiger charge is 2.15. The van der Waals surface area contributed by atoms with Crippen molar-refractivity contribution in [2.75, 3.05) is 6.54 Å². The van der Waals surface area contributed by atoms with Crippen molar-refractivity contribution in [3.8, 4) is 0 Å². The summed E-state index contributed by atoms with van der Waals surface area (Å²) in [5.41, 5.74) is 0.786. The molecule has 0 bridgehead atoms. The number of rotatable bonds is 6. The molecule has 2 rings (SSSR count). The number of oxazole rings is 1. The van der Waals surface area contributed by atoms with Crippen LogP contribution in [0.1, 0.15) is 27.7 Å². The normalized spacial score (nSPS) is 10.2. The molecule has 7 heteroatoms. The Kier molecular flexibility index (Phi) is 5.13. The molecule has 116 valence electrons. The van der Waals surface area contributed by atoms with Gasteiger partial charge < -0.3 is 19.6 Å². The van der Waals surface area contributed by atoms with Crippen LogP contribution in [0.3, 0.4) is 0 Å². The van der Waals surface area contributed by atoms with Crippen LogP contribution in [0.15, 0.2) is 34.7 Å². The molecule has 0 radical (unpaired) electrons. The zero-order valence-corrected chi connectivity index (χ0v) is 12.0. The quantitative estimate of drug-likeness (QED) is 0.848. The van der Waals surface area contributed by atoms with Gasteiger partial charge in [0.25, 0.3) is 0 Å². The third-order valence-corrected chi connectivity index (χ3v) is 2.86. The molecule has 0 atom stereocenters. The number of nitrogens with one attached hydrogen (secondary N) is 1. The van der Waals surface area contributed by atoms with E-state index in [4.69, 9.17) is 14.3 Å². The van der Waals surface area contributed by atoms with E-state index in [2.05, 4.69) is 10.3 Å². The molecule has 0 saturated carbocycles. The Balaban J connectivity index is 1.73. The van der Waals surface area contributed by atoms with Crippen LogP contribution in [0.25, 0.3) is 0 Å². The average Bonchev–Trinajstić information content (AvgIpc) is 2.87. The number of hydrogen-bond donors (Lipinski definition) is 2. The number of carbonyl (C=O) groups excluding carboxylic acids is 1. The van der Waals surface area contributed by atoms with Crippen LogP contribution >= 0.6 is 0 Å². The van der Waals surface area contributed by atoms with E-state index in [0.717, 1.165) is 5.56 Å². The van der Waals surface area contributed by atoms with Gasteiger partial charge in [-0.3, -0.25) is 0 Å². The predicted octanol–water partition coefficient (Wildman–Crippen LogP) is 2.15. The van der Waals surface area contributed by atoms with Crippen LogP contribution in [0.4, 0.5) is 4.79 Å². The maximum Gasteiger partial charge on any atom is 0.407 e. The first kappa shape index (κ1) is 15.6. The molecule has 22 heavy (non-hydrogen) atoms. The molecular weight excluding hydrogens is 288 g/mol. The summed E-state index contributed by atoms with van der Waals surface area (Å²) in [6.45, 7) is 1.96. The summed E-state index contributed by atoms with van der Waals surface area (Å²) in [6, 6.07) is 9.32. The average molecular weight is 304 g/mol. The van der Waals surface area contributed by atoms with E-state index >= 15 is 0 Å². The molecule has 0 fully saturated rings. The fourth-order valence-electron chi connectivity index (χ4n) is 1.80. The van der Waals surface area contributed by atoms with Gasteiger partial charge in [-0.2, -0.15) is 0 Å². The first-order chi connectivity index (χ1) is 10.6. The van der Waals surface area contributed by atoms with Crippen molar-refractivity contribution in [2.45, 2.75) is 20.0 Å². The number of carbonyl (C=O) groups is 2. The van der Waals surface area contributed by atoms with E-state index < -0.39 is 12.1 Å². The van der Waals surface area contributed by atoms with Crippen LogP contribution in [0.2, 0.25) is 0 Å². The number of carboxylic acids is 1. The number of alkyl carbamates (subject to hydrolysis) is 1. The minimum absolute atomic E-state index is 0.110. The smallest absolute Gasteiger partial charge is 0.407 e. The predicted molar refractivity (Wildman–Crippen MR) is 76.5 cm³/mol. The first-order valence-electron chi connectivity index (χ1n) is 6.70. The standard InChI is InChI=1S/C15H16N2O5/c1-10-13(14(18)19)17-12(22-10)7-8-16-15(20)21-9-11-5-3-2-4-6-11/h2-6H,7-9H2,1H3,(H,16,20)(H,18,19). The molecule has 2 N–H and O–H groups in total. The van der Waals surface area contributed by atoms with Gasteiger partial charge in [0.05, 0.1) is 0 Å². The summed E-state index contributed by atoms with van der Waals surface area (Å²) in [6.07, 6.45) is -0.264. The molecule has 2 aromatic rings. The fraction of sp³-hybridized carbons (Fsp3) is 0.267. The Morgan fingerprint density at radius 1 is 1.32 bits per heavy atom. The Hall–Kier alpha value is -2.83. The number of aryl methyl sites for hydroxylation is 1. The number of benzene rings is 1. The lowest BCUT2D eigenvalue weighted by molar-refractivity contribution is 0.0689. The molecular formula is C15H16N2O5. The number of hydrogen-bond acceptors (Lipinski definition) is 5. The molecule has 0 spiro atoms. The fourth-order valence-corrected chi connectivity index (χ4v) is 1.80. The van der Waals surface area contributed by atoms with Crippen LogP contribution in [0, 0.1) is 6.92 Å². The maximum atomic E-state index is 11.5. The summed E-state index contributed by atoms with van der Waals surface area (Å²) >= 11 is 0. The lowest BCUT2D eigenvalue weighted by Gasteiger charge is -2.05. The lowest BCUT2D eigenvalue weighted by atomic mass is 10.2. The van der Waals surface area contributed by atoms with E-state index in [1.807, 2.05) is 30.3 Å². The third-order valence-electron chi connectivity index (χ3n) is 2.86. The minimum atomic E-state index is -1.14. The molecule has 1 aromatic carbocycles. The van der Waals surface area contributed by atoms with Crippen molar-refractivity contribution in [3.63, 3.8) is 0 Å². The Labute approximate surface area is 126 Å². The van der Waals surface area contributed by atoms with E-state index in [-0.39, 0.29) is 36.9 Å². The van der Waals surface area contributed by atoms with Gasteiger partial charge in [-0.25, -0.2) is 14.6 Å². The summed E-state index contributed by atoms with van der Waals surface area (Å²) in [7, 11) is 0. The number of carboxylic acid groups (broad SMARTS) is 1. The van der Waals surface area contributed by atoms with E-state index in [1.54, 1.807) is 0 Å². The van der Waals surface area contributed by atoms with Crippen molar-refractivity contribution < 1.29 is 23.8 Å². The van der Waals surface area contributed by atoms with Gasteiger partial charge in [0.1, 0.15) is 12.4 Å². The minimum Gasteiger partial charge on any atom is -0.476 e. The molecule has 1 aromatic heterocycles. The van der Waals surface area contributed by atoms with Crippen molar-refractivity contribution in [1.29, 1.82) is 0 Å². The highest BCUT2D eigenvalue weighted by atomic mass is 16.5. The van der Waals surface area contributed by atoms with Crippen LogP contribution in [-0.2, 0) is 17.8 Å². The zero-order chi connectivity index (χ0) is 15.9. The van der Waals surface area contributed by atoms with Crippen LogP contribution in [-0.4, -0.2) is 28.7 Å². The third kappa shape index (κ3) is 4.34. The van der Waals surface area contributed by atoms with E-state index in [0.29, 0.717) is 0 Å². The summed E-state index contributed by atoms with van der Waals surface area (Å²) in [4.78, 5) is 26.2. The van der Waals surface area contributed by atoms with Gasteiger partial charge in [-0.1, -0.05) is 30.3 Å². The molecule has 0 aliphatic heterocycles. The van der Waals surface area contributed by atoms with Crippen LogP contribution < -0.4 is 5.32 Å². The van der Waals surface area contributed by atoms with Crippen molar-refractivity contribution >= 4 is 12.1 Å². The van der Waals surface area contributed by atoms with Crippen molar-refractivity contribution in [2.24, 2.45) is 0 Å². The van der Waals surface area contributed by atoms with Crippen molar-refractivity contribution in [3.05, 3.63) is 53.2 Å². The number of aromatic nitrogens is 1. The Bertz CT molecular complexity index is 651. The number of amides is 1. The first-order valence-corrected chi connectivity index (χ1v) is 6.70. The number of ether oxygens (including phenoxy) is 1. The van der Waals surface area contributed by atoms with Crippen LogP contribution in [0.5, 0.6) is 0 Å². The Morgan fingerprint density at radius 2 is 2.05 bits per heavy atom. The molecule has 1 amide bonds. The largest absolute Gasteiger partial charge is 0.476 e. The molecule has 0 aliphatic carbocycles. The van der Waals surface area contributed by atoms with Gasteiger partial charge in [-0.15, -0.1) is 0 Å². The maximum absolute atomic E-state index is 11.5. The summed E-state index contributed by atoms with van der Waals surface area (Å²) < 4.78 is 10.2. The van der Waals surface area contributed by atoms with Gasteiger partial charge >= 0.3 is 12.1 Å². The highest BCUT2D eigenvalue weighted by molar-refractivity contribution is 5.86. The van der Waals surface area contributed by atoms with Gasteiger partial charge in [0, 0.05) is 13.0 Å². The van der Waals surface area contributed by atoms with Gasteiger partial charge in [0.2, 0.25) is 0 Å². The molecule has 7 nitrogen and oxygen atoms in total. The van der Waals surface area contributed by atoms with Gasteiger partial charge in [-0.05, 0) is 12.5 Å². The monoisotopic (exact) mass is 304 g/mol. The second-order valence-corrected chi connectivity index (χ2v) is 4.56. The van der Waals surface area contributed by atoms with Gasteiger partial charge in [0.15, 0.2) is 11.6 Å². The number of aromatic carboxylic acids is 1. The highest BCUT2D eigenvalue weighted by Crippen LogP contribution is 2.10. The molecule has 0 saturated heterocycles. The van der Waals surface area contributed by atoms with Crippen molar-refractivity contribution in [1.82, 2.24) is 10.3 Å². The Morgan fingerprint density at radius 3 is 2.68 bits per heavy atom. The SMILES string of the molecule is Cc1oc(CCNC(=O)OCc2ccccc2)nc1C(=O)O. The lowest BCUT2D eigenvalue weighted by Crippen LogP contribution is -2.26. The topological polar surface area (TPSA) is 102 Å². The zero-order valence-electron chi connectivity index (χ0n) is 12.0. The second-order valence-electron chi connectivity index (χ2n) is 4.56. The molecule has 1 heterocycles. The summed E-state index contributed by atoms with van der Waals surface area (Å²) in [5.74, 6) is -0.629. The van der Waals surface area contributed by atoms with E-state index in [9.17, 15) is 9.59 Å². The molecule has 0 aliphatic rings. The van der Waals surface area contributed by atoms with E-state index in [1.165, 1.54) is 6.92 Å². The second kappa shape index (κ2) is 7.26. The molecule has 0 unspecified atom stereocenters.